The first kappa shape index (κ1) is 19.1. The van der Waals surface area contributed by atoms with Gasteiger partial charge in [0.25, 0.3) is 0 Å². The van der Waals surface area contributed by atoms with Crippen molar-refractivity contribution in [2.45, 2.75) is 70.3 Å². The number of phenols is 2. The zero-order chi connectivity index (χ0) is 17.4. The van der Waals surface area contributed by atoms with Gasteiger partial charge in [-0.1, -0.05) is 32.3 Å². The molecule has 4 nitrogen and oxygen atoms in total. The molecule has 1 aromatic carbocycles. The van der Waals surface area contributed by atoms with Gasteiger partial charge in [0.2, 0.25) is 0 Å². The summed E-state index contributed by atoms with van der Waals surface area (Å²) in [4.78, 5) is 0. The third-order valence-corrected chi connectivity index (χ3v) is 5.44. The topological polar surface area (TPSA) is 72.7 Å². The number of aryl methyl sites for hydroxylation is 1. The van der Waals surface area contributed by atoms with Crippen molar-refractivity contribution in [3.8, 4) is 11.5 Å². The van der Waals surface area contributed by atoms with E-state index in [9.17, 15) is 15.3 Å². The molecule has 1 fully saturated rings. The summed E-state index contributed by atoms with van der Waals surface area (Å²) in [6.45, 7) is 4.24. The van der Waals surface area contributed by atoms with Crippen molar-refractivity contribution in [1.82, 2.24) is 5.32 Å². The highest BCUT2D eigenvalue weighted by Crippen LogP contribution is 2.39. The van der Waals surface area contributed by atoms with Crippen molar-refractivity contribution in [1.29, 1.82) is 0 Å². The van der Waals surface area contributed by atoms with E-state index in [1.807, 2.05) is 6.07 Å². The SMILES string of the molecule is CCCCNCCC1CCCCC1(O)CCc1ccc(O)c(O)c1. The average molecular weight is 335 g/mol. The first-order valence-corrected chi connectivity index (χ1v) is 9.49. The minimum Gasteiger partial charge on any atom is -0.504 e. The molecule has 2 rings (SSSR count). The van der Waals surface area contributed by atoms with Gasteiger partial charge in [-0.25, -0.2) is 0 Å². The minimum absolute atomic E-state index is 0.0835. The molecule has 24 heavy (non-hydrogen) atoms. The Morgan fingerprint density at radius 1 is 1.17 bits per heavy atom. The summed E-state index contributed by atoms with van der Waals surface area (Å²) < 4.78 is 0. The van der Waals surface area contributed by atoms with E-state index in [1.54, 1.807) is 6.07 Å². The lowest BCUT2D eigenvalue weighted by atomic mass is 9.71. The van der Waals surface area contributed by atoms with E-state index in [-0.39, 0.29) is 11.5 Å². The van der Waals surface area contributed by atoms with Crippen molar-refractivity contribution >= 4 is 0 Å². The first-order valence-electron chi connectivity index (χ1n) is 9.49. The zero-order valence-corrected chi connectivity index (χ0v) is 14.9. The molecule has 0 radical (unpaired) electrons. The van der Waals surface area contributed by atoms with Gasteiger partial charge in [0.05, 0.1) is 5.60 Å². The summed E-state index contributed by atoms with van der Waals surface area (Å²) >= 11 is 0. The Morgan fingerprint density at radius 2 is 2.00 bits per heavy atom. The number of hydrogen-bond acceptors (Lipinski definition) is 4. The van der Waals surface area contributed by atoms with Gasteiger partial charge in [0.15, 0.2) is 11.5 Å². The molecule has 0 heterocycles. The van der Waals surface area contributed by atoms with Crippen LogP contribution in [0.1, 0.15) is 63.9 Å². The number of rotatable bonds is 9. The maximum Gasteiger partial charge on any atom is 0.157 e. The molecule has 1 aromatic rings. The summed E-state index contributed by atoms with van der Waals surface area (Å²) in [5.74, 6) is 0.178. The highest BCUT2D eigenvalue weighted by Gasteiger charge is 2.37. The van der Waals surface area contributed by atoms with Crippen LogP contribution in [-0.4, -0.2) is 34.0 Å². The molecule has 0 spiro atoms. The molecule has 4 heteroatoms. The minimum atomic E-state index is -0.599. The van der Waals surface area contributed by atoms with Gasteiger partial charge in [-0.3, -0.25) is 0 Å². The highest BCUT2D eigenvalue weighted by molar-refractivity contribution is 5.40. The molecular weight excluding hydrogens is 302 g/mol. The highest BCUT2D eigenvalue weighted by atomic mass is 16.3. The zero-order valence-electron chi connectivity index (χ0n) is 14.9. The Morgan fingerprint density at radius 3 is 2.75 bits per heavy atom. The fourth-order valence-electron chi connectivity index (χ4n) is 3.83. The van der Waals surface area contributed by atoms with Gasteiger partial charge >= 0.3 is 0 Å². The largest absolute Gasteiger partial charge is 0.504 e. The number of unbranched alkanes of at least 4 members (excludes halogenated alkanes) is 1. The summed E-state index contributed by atoms with van der Waals surface area (Å²) in [5, 5.41) is 33.7. The number of phenolic OH excluding ortho intramolecular Hbond substituents is 2. The molecule has 2 atom stereocenters. The number of aliphatic hydroxyl groups is 1. The number of nitrogens with one attached hydrogen (secondary N) is 1. The maximum absolute atomic E-state index is 11.2. The van der Waals surface area contributed by atoms with E-state index in [0.717, 1.165) is 57.2 Å². The van der Waals surface area contributed by atoms with Crippen LogP contribution in [0, 0.1) is 5.92 Å². The van der Waals surface area contributed by atoms with Crippen molar-refractivity contribution in [3.05, 3.63) is 23.8 Å². The van der Waals surface area contributed by atoms with Crippen molar-refractivity contribution < 1.29 is 15.3 Å². The molecule has 0 amide bonds. The van der Waals surface area contributed by atoms with Gasteiger partial charge in [-0.15, -0.1) is 0 Å². The van der Waals surface area contributed by atoms with Crippen LogP contribution in [0.5, 0.6) is 11.5 Å². The van der Waals surface area contributed by atoms with Crippen molar-refractivity contribution in [2.75, 3.05) is 13.1 Å². The smallest absolute Gasteiger partial charge is 0.157 e. The monoisotopic (exact) mass is 335 g/mol. The lowest BCUT2D eigenvalue weighted by molar-refractivity contribution is -0.0573. The van der Waals surface area contributed by atoms with Crippen LogP contribution in [0.4, 0.5) is 0 Å². The van der Waals surface area contributed by atoms with E-state index in [4.69, 9.17) is 0 Å². The molecule has 2 unspecified atom stereocenters. The molecule has 4 N–H and O–H groups in total. The van der Waals surface area contributed by atoms with E-state index in [0.29, 0.717) is 5.92 Å². The van der Waals surface area contributed by atoms with Gasteiger partial charge in [0.1, 0.15) is 0 Å². The average Bonchev–Trinajstić information content (AvgIpc) is 2.57. The standard InChI is InChI=1S/C20H33NO3/c1-2-3-13-21-14-10-17-6-4-5-11-20(17,24)12-9-16-7-8-18(22)19(23)15-16/h7-8,15,17,21-24H,2-6,9-14H2,1H3. The van der Waals surface area contributed by atoms with Gasteiger partial charge in [-0.05, 0) is 75.2 Å². The Kier molecular flexibility index (Phi) is 7.38. The quantitative estimate of drug-likeness (QED) is 0.410. The number of benzene rings is 1. The van der Waals surface area contributed by atoms with Gasteiger partial charge in [0, 0.05) is 0 Å². The molecule has 0 aromatic heterocycles. The van der Waals surface area contributed by atoms with E-state index >= 15 is 0 Å². The maximum atomic E-state index is 11.2. The molecule has 0 bridgehead atoms. The lowest BCUT2D eigenvalue weighted by Crippen LogP contribution is -2.42. The van der Waals surface area contributed by atoms with Crippen molar-refractivity contribution in [2.24, 2.45) is 5.92 Å². The van der Waals surface area contributed by atoms with Crippen LogP contribution in [0.2, 0.25) is 0 Å². The third-order valence-electron chi connectivity index (χ3n) is 5.44. The summed E-state index contributed by atoms with van der Waals surface area (Å²) in [6, 6.07) is 4.94. The fourth-order valence-corrected chi connectivity index (χ4v) is 3.83. The molecule has 0 aliphatic heterocycles. The van der Waals surface area contributed by atoms with Gasteiger partial charge in [-0.2, -0.15) is 0 Å². The summed E-state index contributed by atoms with van der Waals surface area (Å²) in [7, 11) is 0. The second-order valence-electron chi connectivity index (χ2n) is 7.26. The predicted molar refractivity (Wildman–Crippen MR) is 97.4 cm³/mol. The van der Waals surface area contributed by atoms with Crippen molar-refractivity contribution in [3.63, 3.8) is 0 Å². The molecule has 136 valence electrons. The third kappa shape index (κ3) is 5.38. The number of hydrogen-bond donors (Lipinski definition) is 4. The summed E-state index contributed by atoms with van der Waals surface area (Å²) in [5.41, 5.74) is 0.363. The summed E-state index contributed by atoms with van der Waals surface area (Å²) in [6.07, 6.45) is 9.17. The Hall–Kier alpha value is -1.26. The molecule has 0 saturated heterocycles. The van der Waals surface area contributed by atoms with E-state index in [1.165, 1.54) is 25.3 Å². The Balaban J connectivity index is 1.87. The second-order valence-corrected chi connectivity index (χ2v) is 7.26. The van der Waals surface area contributed by atoms with Crippen LogP contribution in [-0.2, 0) is 6.42 Å². The molecule has 1 aliphatic rings. The fraction of sp³-hybridized carbons (Fsp3) is 0.700. The van der Waals surface area contributed by atoms with Crippen LogP contribution >= 0.6 is 0 Å². The predicted octanol–water partition coefficient (Wildman–Crippen LogP) is 3.73. The van der Waals surface area contributed by atoms with Crippen LogP contribution in [0.3, 0.4) is 0 Å². The first-order chi connectivity index (χ1) is 11.5. The van der Waals surface area contributed by atoms with Gasteiger partial charge < -0.3 is 20.6 Å². The van der Waals surface area contributed by atoms with Crippen LogP contribution < -0.4 is 5.32 Å². The number of aromatic hydroxyl groups is 2. The normalized spacial score (nSPS) is 24.2. The molecular formula is C20H33NO3. The van der Waals surface area contributed by atoms with E-state index < -0.39 is 5.60 Å². The van der Waals surface area contributed by atoms with Crippen LogP contribution in [0.25, 0.3) is 0 Å². The Labute approximate surface area is 145 Å². The lowest BCUT2D eigenvalue weighted by Gasteiger charge is -2.40. The molecule has 1 saturated carbocycles. The second kappa shape index (κ2) is 9.28. The van der Waals surface area contributed by atoms with E-state index in [2.05, 4.69) is 12.2 Å². The van der Waals surface area contributed by atoms with Crippen LogP contribution in [0.15, 0.2) is 18.2 Å². The molecule has 1 aliphatic carbocycles. The Bertz CT molecular complexity index is 506.